The Hall–Kier alpha value is -1.06. The van der Waals surface area contributed by atoms with Crippen molar-refractivity contribution in [2.75, 3.05) is 0 Å². The highest BCUT2D eigenvalue weighted by Crippen LogP contribution is 2.34. The number of carboxylic acid groups (broad SMARTS) is 1. The topological polar surface area (TPSA) is 66.4 Å². The molecule has 0 bridgehead atoms. The van der Waals surface area contributed by atoms with Gasteiger partial charge in [0, 0.05) is 6.04 Å². The Balaban J connectivity index is 1.81. The minimum absolute atomic E-state index is 0.0365. The van der Waals surface area contributed by atoms with E-state index in [4.69, 9.17) is 5.11 Å². The van der Waals surface area contributed by atoms with Gasteiger partial charge in [-0.05, 0) is 25.7 Å². The zero-order chi connectivity index (χ0) is 11.5. The number of amides is 1. The molecule has 0 radical (unpaired) electrons. The van der Waals surface area contributed by atoms with E-state index in [0.717, 1.165) is 19.3 Å². The van der Waals surface area contributed by atoms with Crippen LogP contribution in [0.3, 0.4) is 0 Å². The summed E-state index contributed by atoms with van der Waals surface area (Å²) in [7, 11) is 0. The van der Waals surface area contributed by atoms with E-state index in [9.17, 15) is 9.59 Å². The Morgan fingerprint density at radius 2 is 1.56 bits per heavy atom. The molecule has 0 spiro atoms. The van der Waals surface area contributed by atoms with Gasteiger partial charge in [-0.25, -0.2) is 0 Å². The summed E-state index contributed by atoms with van der Waals surface area (Å²) in [6.07, 6.45) is 7.10. The van der Waals surface area contributed by atoms with E-state index in [1.165, 1.54) is 19.3 Å². The van der Waals surface area contributed by atoms with Crippen LogP contribution in [-0.2, 0) is 9.59 Å². The molecule has 1 amide bonds. The van der Waals surface area contributed by atoms with E-state index in [1.54, 1.807) is 0 Å². The second kappa shape index (κ2) is 4.85. The summed E-state index contributed by atoms with van der Waals surface area (Å²) in [6, 6.07) is 0.288. The van der Waals surface area contributed by atoms with Crippen LogP contribution in [0.2, 0.25) is 0 Å². The van der Waals surface area contributed by atoms with Crippen LogP contribution in [-0.4, -0.2) is 23.0 Å². The first kappa shape index (κ1) is 11.4. The van der Waals surface area contributed by atoms with Crippen molar-refractivity contribution in [3.8, 4) is 0 Å². The molecule has 2 fully saturated rings. The lowest BCUT2D eigenvalue weighted by molar-refractivity contribution is -0.153. The van der Waals surface area contributed by atoms with Gasteiger partial charge >= 0.3 is 5.97 Å². The van der Waals surface area contributed by atoms with Gasteiger partial charge in [-0.15, -0.1) is 0 Å². The van der Waals surface area contributed by atoms with E-state index in [0.29, 0.717) is 6.42 Å². The molecule has 2 aliphatic rings. The van der Waals surface area contributed by atoms with Gasteiger partial charge in [0.15, 0.2) is 0 Å². The normalized spacial score (nSPS) is 30.5. The molecule has 90 valence electrons. The van der Waals surface area contributed by atoms with Crippen LogP contribution in [0.5, 0.6) is 0 Å². The zero-order valence-corrected chi connectivity index (χ0v) is 9.45. The average molecular weight is 225 g/mol. The molecule has 0 heterocycles. The summed E-state index contributed by atoms with van der Waals surface area (Å²) < 4.78 is 0. The van der Waals surface area contributed by atoms with Gasteiger partial charge < -0.3 is 10.4 Å². The lowest BCUT2D eigenvalue weighted by Crippen LogP contribution is -2.47. The van der Waals surface area contributed by atoms with Gasteiger partial charge in [-0.1, -0.05) is 19.3 Å². The minimum atomic E-state index is -0.824. The van der Waals surface area contributed by atoms with Gasteiger partial charge in [0.25, 0.3) is 0 Å². The highest BCUT2D eigenvalue weighted by molar-refractivity contribution is 5.86. The first-order valence-corrected chi connectivity index (χ1v) is 6.21. The molecule has 0 aromatic rings. The lowest BCUT2D eigenvalue weighted by Gasteiger charge is -2.34. The molecule has 0 aliphatic heterocycles. The third-order valence-corrected chi connectivity index (χ3v) is 3.88. The largest absolute Gasteiger partial charge is 0.481 e. The van der Waals surface area contributed by atoms with Gasteiger partial charge in [0.05, 0.1) is 11.8 Å². The van der Waals surface area contributed by atoms with Crippen molar-refractivity contribution in [3.05, 3.63) is 0 Å². The second-order valence-electron chi connectivity index (χ2n) is 4.97. The molecule has 0 aromatic heterocycles. The van der Waals surface area contributed by atoms with Crippen molar-refractivity contribution in [1.29, 1.82) is 0 Å². The van der Waals surface area contributed by atoms with E-state index < -0.39 is 11.9 Å². The Morgan fingerprint density at radius 1 is 0.938 bits per heavy atom. The highest BCUT2D eigenvalue weighted by atomic mass is 16.4. The van der Waals surface area contributed by atoms with E-state index >= 15 is 0 Å². The smallest absolute Gasteiger partial charge is 0.307 e. The molecule has 2 aliphatic carbocycles. The van der Waals surface area contributed by atoms with Crippen LogP contribution in [0.15, 0.2) is 0 Å². The Kier molecular flexibility index (Phi) is 3.46. The fourth-order valence-corrected chi connectivity index (χ4v) is 2.66. The Morgan fingerprint density at radius 3 is 2.06 bits per heavy atom. The second-order valence-corrected chi connectivity index (χ2v) is 4.97. The van der Waals surface area contributed by atoms with Crippen LogP contribution in [0.4, 0.5) is 0 Å². The van der Waals surface area contributed by atoms with Crippen LogP contribution in [0.1, 0.15) is 44.9 Å². The average Bonchev–Trinajstić information content (AvgIpc) is 2.16. The van der Waals surface area contributed by atoms with Crippen molar-refractivity contribution in [2.45, 2.75) is 51.0 Å². The van der Waals surface area contributed by atoms with Crippen molar-refractivity contribution in [1.82, 2.24) is 5.32 Å². The fraction of sp³-hybridized carbons (Fsp3) is 0.833. The van der Waals surface area contributed by atoms with Crippen molar-refractivity contribution in [3.63, 3.8) is 0 Å². The van der Waals surface area contributed by atoms with Crippen molar-refractivity contribution < 1.29 is 14.7 Å². The molecule has 4 heteroatoms. The van der Waals surface area contributed by atoms with E-state index in [-0.39, 0.29) is 17.9 Å². The van der Waals surface area contributed by atoms with Gasteiger partial charge in [0.1, 0.15) is 0 Å². The molecule has 2 N–H and O–H groups in total. The molecule has 2 saturated carbocycles. The summed E-state index contributed by atoms with van der Waals surface area (Å²) in [5.74, 6) is -1.58. The van der Waals surface area contributed by atoms with Crippen LogP contribution >= 0.6 is 0 Å². The maximum atomic E-state index is 11.8. The molecule has 4 nitrogen and oxygen atoms in total. The molecule has 2 atom stereocenters. The summed E-state index contributed by atoms with van der Waals surface area (Å²) in [4.78, 5) is 22.6. The number of hydrogen-bond donors (Lipinski definition) is 2. The third kappa shape index (κ3) is 2.36. The zero-order valence-electron chi connectivity index (χ0n) is 9.45. The maximum Gasteiger partial charge on any atom is 0.307 e. The third-order valence-electron chi connectivity index (χ3n) is 3.88. The molecular formula is C12H19NO3. The monoisotopic (exact) mass is 225 g/mol. The number of carbonyl (C=O) groups is 2. The standard InChI is InChI=1S/C12H19NO3/c14-11(9-6-7-10(9)12(15)16)13-8-4-2-1-3-5-8/h8-10H,1-7H2,(H,13,14)(H,15,16). The van der Waals surface area contributed by atoms with Gasteiger partial charge in [0.2, 0.25) is 5.91 Å². The SMILES string of the molecule is O=C(O)C1CCC1C(=O)NC1CCCCC1. The first-order valence-electron chi connectivity index (χ1n) is 6.21. The van der Waals surface area contributed by atoms with Crippen LogP contribution in [0.25, 0.3) is 0 Å². The van der Waals surface area contributed by atoms with Crippen LogP contribution < -0.4 is 5.32 Å². The Labute approximate surface area is 95.4 Å². The van der Waals surface area contributed by atoms with E-state index in [1.807, 2.05) is 0 Å². The molecule has 16 heavy (non-hydrogen) atoms. The molecule has 0 saturated heterocycles. The van der Waals surface area contributed by atoms with Gasteiger partial charge in [-0.2, -0.15) is 0 Å². The molecule has 2 unspecified atom stereocenters. The molecule has 2 rings (SSSR count). The van der Waals surface area contributed by atoms with Crippen molar-refractivity contribution >= 4 is 11.9 Å². The summed E-state index contributed by atoms with van der Waals surface area (Å²) in [5, 5.41) is 11.9. The number of nitrogens with one attached hydrogen (secondary N) is 1. The number of carboxylic acids is 1. The highest BCUT2D eigenvalue weighted by Gasteiger charge is 2.41. The van der Waals surface area contributed by atoms with Crippen LogP contribution in [0, 0.1) is 11.8 Å². The fourth-order valence-electron chi connectivity index (χ4n) is 2.66. The van der Waals surface area contributed by atoms with E-state index in [2.05, 4.69) is 5.32 Å². The number of carbonyl (C=O) groups excluding carboxylic acids is 1. The Bertz CT molecular complexity index is 284. The van der Waals surface area contributed by atoms with Crippen molar-refractivity contribution in [2.24, 2.45) is 11.8 Å². The minimum Gasteiger partial charge on any atom is -0.481 e. The summed E-state index contributed by atoms with van der Waals surface area (Å²) >= 11 is 0. The van der Waals surface area contributed by atoms with Gasteiger partial charge in [-0.3, -0.25) is 9.59 Å². The predicted molar refractivity (Wildman–Crippen MR) is 58.9 cm³/mol. The predicted octanol–water partition coefficient (Wildman–Crippen LogP) is 1.55. The quantitative estimate of drug-likeness (QED) is 0.765. The maximum absolute atomic E-state index is 11.8. The molecular weight excluding hydrogens is 206 g/mol. The number of rotatable bonds is 3. The number of hydrogen-bond acceptors (Lipinski definition) is 2. The lowest BCUT2D eigenvalue weighted by atomic mass is 9.73. The first-order chi connectivity index (χ1) is 7.68. The number of aliphatic carboxylic acids is 1. The summed E-state index contributed by atoms with van der Waals surface area (Å²) in [5.41, 5.74) is 0. The summed E-state index contributed by atoms with van der Waals surface area (Å²) in [6.45, 7) is 0. The molecule has 0 aromatic carbocycles.